The summed E-state index contributed by atoms with van der Waals surface area (Å²) in [5.74, 6) is -0.565. The van der Waals surface area contributed by atoms with E-state index in [0.717, 1.165) is 0 Å². The summed E-state index contributed by atoms with van der Waals surface area (Å²) in [4.78, 5) is 13.3. The second kappa shape index (κ2) is 11.1. The smallest absolute Gasteiger partial charge is 0.281 e. The van der Waals surface area contributed by atoms with Crippen molar-refractivity contribution in [3.63, 3.8) is 0 Å². The Bertz CT molecular complexity index is 61.2. The molecule has 0 bridgehead atoms. The fourth-order valence-corrected chi connectivity index (χ4v) is 0.133. The van der Waals surface area contributed by atoms with Gasteiger partial charge in [0.25, 0.3) is 0 Å². The second-order valence-corrected chi connectivity index (χ2v) is 0.764. The van der Waals surface area contributed by atoms with Gasteiger partial charge in [-0.25, -0.2) is 4.79 Å². The van der Waals surface area contributed by atoms with Crippen LogP contribution in [0.3, 0.4) is 0 Å². The molecule has 0 spiro atoms. The van der Waals surface area contributed by atoms with E-state index in [-0.39, 0.29) is 46.9 Å². The van der Waals surface area contributed by atoms with Crippen LogP contribution in [0.25, 0.3) is 0 Å². The first-order chi connectivity index (χ1) is 2.77. The molecule has 0 aliphatic rings. The summed E-state index contributed by atoms with van der Waals surface area (Å²) < 4.78 is 3.43. The minimum Gasteiger partial charge on any atom is -0.281 e. The third-order valence-corrected chi connectivity index (χ3v) is 0.212. The maximum absolute atomic E-state index is 9.61. The summed E-state index contributed by atoms with van der Waals surface area (Å²) in [7, 11) is 0. The van der Waals surface area contributed by atoms with E-state index in [0.29, 0.717) is 0 Å². The van der Waals surface area contributed by atoms with Gasteiger partial charge in [0.2, 0.25) is 0 Å². The predicted octanol–water partition coefficient (Wildman–Crippen LogP) is -0.127. The number of hydrogen-bond acceptors (Lipinski definition) is 3. The van der Waals surface area contributed by atoms with Crippen molar-refractivity contribution in [2.45, 2.75) is 6.92 Å². The van der Waals surface area contributed by atoms with Gasteiger partial charge in [0.05, 0.1) is 0 Å². The fourth-order valence-electron chi connectivity index (χ4n) is 0.0444. The molecule has 6 heteroatoms. The van der Waals surface area contributed by atoms with E-state index in [1.54, 1.807) is 0 Å². The molecule has 0 fully saturated rings. The van der Waals surface area contributed by atoms with Crippen molar-refractivity contribution >= 4 is 64.8 Å². The first-order valence-electron chi connectivity index (χ1n) is 1.23. The van der Waals surface area contributed by atoms with Crippen LogP contribution in [-0.4, -0.2) is 52.9 Å². The van der Waals surface area contributed by atoms with E-state index in [9.17, 15) is 4.79 Å². The van der Waals surface area contributed by atoms with E-state index in [2.05, 4.69) is 21.2 Å². The van der Waals surface area contributed by atoms with Crippen LogP contribution in [0.2, 0.25) is 0 Å². The largest absolute Gasteiger partial charge is 0.341 e. The summed E-state index contributed by atoms with van der Waals surface area (Å²) in [6.07, 6.45) is 0. The van der Waals surface area contributed by atoms with Crippen LogP contribution < -0.4 is 0 Å². The summed E-state index contributed by atoms with van der Waals surface area (Å²) in [6.45, 7) is 1.18. The van der Waals surface area contributed by atoms with Gasteiger partial charge in [-0.05, 0) is 0 Å². The monoisotopic (exact) mass is 160 g/mol. The van der Waals surface area contributed by atoms with Gasteiger partial charge in [0, 0.05) is 53.8 Å². The zero-order valence-electron chi connectivity index (χ0n) is 4.68. The van der Waals surface area contributed by atoms with Crippen LogP contribution in [0.4, 0.5) is 0 Å². The van der Waals surface area contributed by atoms with Crippen molar-refractivity contribution < 1.29 is 14.1 Å². The van der Waals surface area contributed by atoms with Crippen LogP contribution in [0.15, 0.2) is 0 Å². The Hall–Kier alpha value is 1.25. The number of rotatable bonds is 1. The molecule has 0 unspecified atom stereocenters. The predicted molar refractivity (Wildman–Crippen MR) is 30.2 cm³/mol. The molecule has 0 aliphatic carbocycles. The molecule has 0 rings (SSSR count). The summed E-state index contributed by atoms with van der Waals surface area (Å²) in [5, 5.41) is 0. The van der Waals surface area contributed by atoms with E-state index in [1.807, 2.05) is 0 Å². The molecule has 0 aliphatic heterocycles. The van der Waals surface area contributed by atoms with Crippen LogP contribution >= 0.6 is 11.9 Å². The molecule has 0 atom stereocenters. The third kappa shape index (κ3) is 15.7. The van der Waals surface area contributed by atoms with Crippen LogP contribution in [0, 0.1) is 0 Å². The van der Waals surface area contributed by atoms with Gasteiger partial charge >= 0.3 is 5.97 Å². The fraction of sp³-hybridized carbons (Fsp3) is 0.500. The average molecular weight is 160 g/mol. The molecule has 0 aromatic carbocycles. The van der Waals surface area contributed by atoms with E-state index in [1.165, 1.54) is 6.92 Å². The van der Waals surface area contributed by atoms with Crippen molar-refractivity contribution in [1.29, 1.82) is 0 Å². The SMILES string of the molecule is CC(=O)OOCl.[Al].[Na]. The van der Waals surface area contributed by atoms with Crippen LogP contribution in [0.5, 0.6) is 0 Å². The average Bonchev–Trinajstić information content (AvgIpc) is 1.35. The van der Waals surface area contributed by atoms with Crippen molar-refractivity contribution in [1.82, 2.24) is 0 Å². The normalized spacial score (nSPS) is 5.75. The minimum atomic E-state index is -0.565. The Kier molecular flexibility index (Phi) is 22.4. The Labute approximate surface area is 85.2 Å². The second-order valence-electron chi connectivity index (χ2n) is 0.638. The molecule has 0 aromatic heterocycles. The summed E-state index contributed by atoms with van der Waals surface area (Å²) in [5.41, 5.74) is 0. The third-order valence-electron chi connectivity index (χ3n) is 0.149. The maximum atomic E-state index is 9.61. The van der Waals surface area contributed by atoms with E-state index in [4.69, 9.17) is 0 Å². The topological polar surface area (TPSA) is 35.5 Å². The van der Waals surface area contributed by atoms with Crippen LogP contribution in [0.1, 0.15) is 6.92 Å². The zero-order valence-corrected chi connectivity index (χ0v) is 8.59. The number of hydrogen-bond donors (Lipinski definition) is 0. The molecule has 8 heavy (non-hydrogen) atoms. The Morgan fingerprint density at radius 2 is 2.00 bits per heavy atom. The van der Waals surface area contributed by atoms with Gasteiger partial charge in [0.15, 0.2) is 0 Å². The standard InChI is InChI=1S/C2H3ClO3.Al.Na/c1-2(4)5-6-3;;/h1H3;;. The molecule has 0 aromatic rings. The molecule has 4 radical (unpaired) electrons. The first-order valence-corrected chi connectivity index (χ1v) is 1.54. The Morgan fingerprint density at radius 3 is 2.00 bits per heavy atom. The van der Waals surface area contributed by atoms with Gasteiger partial charge in [-0.2, -0.15) is 0 Å². The summed E-state index contributed by atoms with van der Waals surface area (Å²) in [6, 6.07) is 0. The van der Waals surface area contributed by atoms with Crippen molar-refractivity contribution in [2.24, 2.45) is 0 Å². The van der Waals surface area contributed by atoms with E-state index >= 15 is 0 Å². The van der Waals surface area contributed by atoms with Gasteiger partial charge < -0.3 is 0 Å². The molecule has 0 heterocycles. The first kappa shape index (κ1) is 16.1. The molecule has 0 saturated heterocycles. The van der Waals surface area contributed by atoms with Gasteiger partial charge in [-0.3, -0.25) is 4.89 Å². The Balaban J connectivity index is -0.000000125. The van der Waals surface area contributed by atoms with Crippen molar-refractivity contribution in [3.05, 3.63) is 0 Å². The number of carbonyl (C=O) groups is 1. The van der Waals surface area contributed by atoms with Gasteiger partial charge in [0.1, 0.15) is 11.9 Å². The molecule has 0 N–H and O–H groups in total. The number of carbonyl (C=O) groups excluding carboxylic acids is 1. The Morgan fingerprint density at radius 1 is 1.62 bits per heavy atom. The van der Waals surface area contributed by atoms with Crippen molar-refractivity contribution in [2.75, 3.05) is 0 Å². The molecule has 40 valence electrons. The summed E-state index contributed by atoms with van der Waals surface area (Å²) >= 11 is 4.45. The van der Waals surface area contributed by atoms with Crippen LogP contribution in [-0.2, 0) is 14.1 Å². The molecule has 0 saturated carbocycles. The van der Waals surface area contributed by atoms with Crippen molar-refractivity contribution in [3.8, 4) is 0 Å². The quantitative estimate of drug-likeness (QED) is 0.305. The number of halogens is 1. The minimum absolute atomic E-state index is 0. The molecular formula is C2H3AlClNaO3. The van der Waals surface area contributed by atoms with E-state index < -0.39 is 5.97 Å². The molecule has 3 nitrogen and oxygen atoms in total. The molecule has 0 amide bonds. The molecular weight excluding hydrogens is 157 g/mol. The maximum Gasteiger partial charge on any atom is 0.341 e. The zero-order chi connectivity index (χ0) is 4.99. The van der Waals surface area contributed by atoms with Gasteiger partial charge in [-0.1, -0.05) is 4.44 Å². The van der Waals surface area contributed by atoms with Gasteiger partial charge in [-0.15, -0.1) is 0 Å².